The van der Waals surface area contributed by atoms with Crippen LogP contribution < -0.4 is 5.32 Å². The van der Waals surface area contributed by atoms with Gasteiger partial charge in [0.1, 0.15) is 5.76 Å². The number of fused-ring (bicyclic) bond motifs is 1. The first-order valence-electron chi connectivity index (χ1n) is 3.59. The second-order valence-electron chi connectivity index (χ2n) is 2.61. The van der Waals surface area contributed by atoms with Crippen LogP contribution in [0.1, 0.15) is 5.56 Å². The van der Waals surface area contributed by atoms with Gasteiger partial charge < -0.3 is 10.4 Å². The van der Waals surface area contributed by atoms with Gasteiger partial charge in [-0.05, 0) is 11.6 Å². The van der Waals surface area contributed by atoms with Crippen molar-refractivity contribution in [1.82, 2.24) is 0 Å². The highest BCUT2D eigenvalue weighted by atomic mass is 16.3. The fraction of sp³-hybridized carbons (Fsp3) is 0.111. The number of aliphatic hydroxyl groups excluding tert-OH is 1. The topological polar surface area (TPSA) is 32.3 Å². The monoisotopic (exact) mass is 147 g/mol. The molecule has 0 atom stereocenters. The van der Waals surface area contributed by atoms with Gasteiger partial charge in [-0.2, -0.15) is 0 Å². The summed E-state index contributed by atoms with van der Waals surface area (Å²) in [6, 6.07) is 7.95. The Bertz CT molecular complexity index is 304. The lowest BCUT2D eigenvalue weighted by Gasteiger charge is -2.13. The van der Waals surface area contributed by atoms with Gasteiger partial charge in [-0.25, -0.2) is 0 Å². The van der Waals surface area contributed by atoms with E-state index >= 15 is 0 Å². The van der Waals surface area contributed by atoms with E-state index in [-0.39, 0.29) is 0 Å². The molecule has 0 unspecified atom stereocenters. The molecule has 0 aromatic heterocycles. The Morgan fingerprint density at radius 3 is 3.00 bits per heavy atom. The lowest BCUT2D eigenvalue weighted by molar-refractivity contribution is 0.396. The van der Waals surface area contributed by atoms with Crippen LogP contribution in [0.15, 0.2) is 36.2 Å². The van der Waals surface area contributed by atoms with E-state index in [1.54, 1.807) is 6.20 Å². The molecule has 1 aromatic rings. The summed E-state index contributed by atoms with van der Waals surface area (Å²) < 4.78 is 0. The molecule has 2 rings (SSSR count). The van der Waals surface area contributed by atoms with Crippen LogP contribution in [0.2, 0.25) is 0 Å². The maximum atomic E-state index is 9.15. The minimum absolute atomic E-state index is 0.392. The van der Waals surface area contributed by atoms with E-state index in [0.29, 0.717) is 12.2 Å². The zero-order valence-corrected chi connectivity index (χ0v) is 6.04. The molecule has 0 bridgehead atoms. The van der Waals surface area contributed by atoms with E-state index in [4.69, 9.17) is 5.11 Å². The molecule has 1 aliphatic heterocycles. The van der Waals surface area contributed by atoms with Crippen molar-refractivity contribution < 1.29 is 5.11 Å². The zero-order chi connectivity index (χ0) is 7.68. The Morgan fingerprint density at radius 2 is 2.09 bits per heavy atom. The van der Waals surface area contributed by atoms with Crippen molar-refractivity contribution in [2.45, 2.75) is 6.42 Å². The van der Waals surface area contributed by atoms with Crippen LogP contribution in [0, 0.1) is 0 Å². The lowest BCUT2D eigenvalue weighted by atomic mass is 10.1. The number of aliphatic hydroxyl groups is 1. The van der Waals surface area contributed by atoms with E-state index < -0.39 is 0 Å². The second kappa shape index (κ2) is 2.31. The zero-order valence-electron chi connectivity index (χ0n) is 6.04. The first-order chi connectivity index (χ1) is 5.36. The highest BCUT2D eigenvalue weighted by molar-refractivity contribution is 5.56. The number of allylic oxidation sites excluding steroid dienone is 1. The fourth-order valence-electron chi connectivity index (χ4n) is 1.22. The quantitative estimate of drug-likeness (QED) is 0.588. The van der Waals surface area contributed by atoms with Crippen LogP contribution in [-0.2, 0) is 6.42 Å². The molecule has 1 aliphatic rings. The smallest absolute Gasteiger partial charge is 0.113 e. The number of para-hydroxylation sites is 1. The molecule has 0 saturated heterocycles. The molecular weight excluding hydrogens is 138 g/mol. The van der Waals surface area contributed by atoms with Crippen LogP contribution in [0.4, 0.5) is 5.69 Å². The molecule has 2 heteroatoms. The molecule has 0 amide bonds. The van der Waals surface area contributed by atoms with E-state index in [1.165, 1.54) is 0 Å². The van der Waals surface area contributed by atoms with E-state index in [9.17, 15) is 0 Å². The molecule has 0 saturated carbocycles. The van der Waals surface area contributed by atoms with Gasteiger partial charge >= 0.3 is 0 Å². The number of anilines is 1. The van der Waals surface area contributed by atoms with Crippen molar-refractivity contribution in [2.75, 3.05) is 5.32 Å². The Hall–Kier alpha value is -1.44. The van der Waals surface area contributed by atoms with Crippen LogP contribution in [0.5, 0.6) is 0 Å². The third kappa shape index (κ3) is 1.07. The number of hydrogen-bond acceptors (Lipinski definition) is 2. The third-order valence-electron chi connectivity index (χ3n) is 1.78. The van der Waals surface area contributed by atoms with Gasteiger partial charge in [-0.1, -0.05) is 18.2 Å². The number of benzene rings is 1. The van der Waals surface area contributed by atoms with E-state index in [1.807, 2.05) is 24.3 Å². The maximum absolute atomic E-state index is 9.15. The molecule has 56 valence electrons. The van der Waals surface area contributed by atoms with Crippen molar-refractivity contribution in [3.05, 3.63) is 41.8 Å². The fourth-order valence-corrected chi connectivity index (χ4v) is 1.22. The molecular formula is C9H9NO. The molecule has 2 N–H and O–H groups in total. The van der Waals surface area contributed by atoms with Gasteiger partial charge in [-0.15, -0.1) is 0 Å². The van der Waals surface area contributed by atoms with Crippen LogP contribution in [0.3, 0.4) is 0 Å². The van der Waals surface area contributed by atoms with Crippen molar-refractivity contribution in [1.29, 1.82) is 0 Å². The molecule has 0 spiro atoms. The predicted molar refractivity (Wildman–Crippen MR) is 44.5 cm³/mol. The normalized spacial score (nSPS) is 14.7. The van der Waals surface area contributed by atoms with E-state index in [0.717, 1.165) is 11.3 Å². The van der Waals surface area contributed by atoms with Gasteiger partial charge in [0.25, 0.3) is 0 Å². The standard InChI is InChI=1S/C9H9NO/c11-8-5-7-3-1-2-4-9(7)10-6-8/h1-4,6,10-11H,5H2. The summed E-state index contributed by atoms with van der Waals surface area (Å²) in [5, 5.41) is 12.2. The minimum atomic E-state index is 0.392. The highest BCUT2D eigenvalue weighted by Crippen LogP contribution is 2.21. The van der Waals surface area contributed by atoms with Gasteiger partial charge in [0.2, 0.25) is 0 Å². The Kier molecular flexibility index (Phi) is 1.32. The van der Waals surface area contributed by atoms with Crippen molar-refractivity contribution in [3.8, 4) is 0 Å². The van der Waals surface area contributed by atoms with Crippen LogP contribution in [0.25, 0.3) is 0 Å². The van der Waals surface area contributed by atoms with Gasteiger partial charge in [0.15, 0.2) is 0 Å². The first-order valence-corrected chi connectivity index (χ1v) is 3.59. The van der Waals surface area contributed by atoms with Crippen molar-refractivity contribution >= 4 is 5.69 Å². The minimum Gasteiger partial charge on any atom is -0.510 e. The average Bonchev–Trinajstić information content (AvgIpc) is 2.04. The second-order valence-corrected chi connectivity index (χ2v) is 2.61. The summed E-state index contributed by atoms with van der Waals surface area (Å²) in [6.07, 6.45) is 2.27. The third-order valence-corrected chi connectivity index (χ3v) is 1.78. The molecule has 1 heterocycles. The summed E-state index contributed by atoms with van der Waals surface area (Å²) in [6.45, 7) is 0. The Labute approximate surface area is 65.2 Å². The molecule has 11 heavy (non-hydrogen) atoms. The first kappa shape index (κ1) is 6.28. The average molecular weight is 147 g/mol. The number of hydrogen-bond donors (Lipinski definition) is 2. The van der Waals surface area contributed by atoms with Crippen molar-refractivity contribution in [2.24, 2.45) is 0 Å². The van der Waals surface area contributed by atoms with Crippen LogP contribution >= 0.6 is 0 Å². The summed E-state index contributed by atoms with van der Waals surface area (Å²) in [5.41, 5.74) is 2.23. The summed E-state index contributed by atoms with van der Waals surface area (Å²) >= 11 is 0. The lowest BCUT2D eigenvalue weighted by Crippen LogP contribution is -2.04. The highest BCUT2D eigenvalue weighted by Gasteiger charge is 2.07. The maximum Gasteiger partial charge on any atom is 0.113 e. The predicted octanol–water partition coefficient (Wildman–Crippen LogP) is 2.05. The van der Waals surface area contributed by atoms with Gasteiger partial charge in [0, 0.05) is 18.3 Å². The summed E-state index contributed by atoms with van der Waals surface area (Å²) in [4.78, 5) is 0. The van der Waals surface area contributed by atoms with Crippen LogP contribution in [-0.4, -0.2) is 5.11 Å². The Balaban J connectivity index is 2.42. The van der Waals surface area contributed by atoms with Crippen molar-refractivity contribution in [3.63, 3.8) is 0 Å². The largest absolute Gasteiger partial charge is 0.510 e. The van der Waals surface area contributed by atoms with Gasteiger partial charge in [-0.3, -0.25) is 0 Å². The van der Waals surface area contributed by atoms with Gasteiger partial charge in [0.05, 0.1) is 0 Å². The molecule has 2 nitrogen and oxygen atoms in total. The molecule has 1 aromatic carbocycles. The number of nitrogens with one attached hydrogen (secondary N) is 1. The number of rotatable bonds is 0. The SMILES string of the molecule is OC1=CNc2ccccc2C1. The summed E-state index contributed by atoms with van der Waals surface area (Å²) in [5.74, 6) is 0.392. The Morgan fingerprint density at radius 1 is 1.27 bits per heavy atom. The molecule has 0 fully saturated rings. The molecule has 0 aliphatic carbocycles. The summed E-state index contributed by atoms with van der Waals surface area (Å²) in [7, 11) is 0. The van der Waals surface area contributed by atoms with E-state index in [2.05, 4.69) is 5.32 Å². The molecule has 0 radical (unpaired) electrons.